The van der Waals surface area contributed by atoms with Gasteiger partial charge in [0, 0.05) is 4.47 Å². The molecule has 90 valence electrons. The number of carbonyl (C=O) groups excluding carboxylic acids is 1. The zero-order chi connectivity index (χ0) is 12.5. The van der Waals surface area contributed by atoms with E-state index in [1.54, 1.807) is 20.3 Å². The van der Waals surface area contributed by atoms with Crippen LogP contribution in [0.1, 0.15) is 18.4 Å². The number of ether oxygens (including phenoxy) is 2. The highest BCUT2D eigenvalue weighted by atomic mass is 79.9. The molecule has 0 saturated heterocycles. The highest BCUT2D eigenvalue weighted by molar-refractivity contribution is 9.10. The molecular formula is C12H12BrNO3. The van der Waals surface area contributed by atoms with Gasteiger partial charge in [0.1, 0.15) is 0 Å². The van der Waals surface area contributed by atoms with Crippen LogP contribution >= 0.6 is 15.9 Å². The first-order chi connectivity index (χ1) is 8.16. The first-order valence-electron chi connectivity index (χ1n) is 5.18. The normalized spacial score (nSPS) is 15.9. The second-order valence-electron chi connectivity index (χ2n) is 3.92. The number of hydrogen-bond acceptors (Lipinski definition) is 4. The molecule has 4 nitrogen and oxygen atoms in total. The lowest BCUT2D eigenvalue weighted by atomic mass is 10.0. The summed E-state index contributed by atoms with van der Waals surface area (Å²) in [5.74, 6) is 1.28. The van der Waals surface area contributed by atoms with Crippen molar-refractivity contribution in [1.29, 1.82) is 0 Å². The van der Waals surface area contributed by atoms with Gasteiger partial charge in [0.15, 0.2) is 11.5 Å². The molecule has 0 spiro atoms. The number of rotatable bonds is 4. The largest absolute Gasteiger partial charge is 0.493 e. The Hall–Kier alpha value is -1.32. The second kappa shape index (κ2) is 4.51. The minimum atomic E-state index is -0.417. The van der Waals surface area contributed by atoms with E-state index in [1.165, 1.54) is 0 Å². The van der Waals surface area contributed by atoms with E-state index < -0.39 is 5.54 Å². The van der Waals surface area contributed by atoms with E-state index in [0.717, 1.165) is 22.9 Å². The number of aliphatic imine (C=N–C) groups is 1. The molecule has 0 heterocycles. The third-order valence-corrected chi connectivity index (χ3v) is 3.61. The van der Waals surface area contributed by atoms with E-state index in [4.69, 9.17) is 9.47 Å². The third-order valence-electron chi connectivity index (χ3n) is 2.96. The van der Waals surface area contributed by atoms with Gasteiger partial charge in [-0.1, -0.05) is 15.9 Å². The van der Waals surface area contributed by atoms with Gasteiger partial charge in [-0.15, -0.1) is 0 Å². The molecule has 0 aromatic heterocycles. The van der Waals surface area contributed by atoms with E-state index in [9.17, 15) is 4.79 Å². The number of methoxy groups -OCH3 is 2. The average molecular weight is 298 g/mol. The monoisotopic (exact) mass is 297 g/mol. The minimum absolute atomic E-state index is 0.417. The minimum Gasteiger partial charge on any atom is -0.493 e. The average Bonchev–Trinajstić information content (AvgIpc) is 3.09. The van der Waals surface area contributed by atoms with Crippen LogP contribution in [0, 0.1) is 0 Å². The fourth-order valence-electron chi connectivity index (χ4n) is 1.86. The molecule has 1 saturated carbocycles. The number of halogens is 1. The van der Waals surface area contributed by atoms with Crippen molar-refractivity contribution in [3.8, 4) is 11.5 Å². The fraction of sp³-hybridized carbons (Fsp3) is 0.417. The second-order valence-corrected chi connectivity index (χ2v) is 4.78. The Balaban J connectivity index is 2.52. The van der Waals surface area contributed by atoms with Gasteiger partial charge in [0.2, 0.25) is 6.08 Å². The molecule has 0 N–H and O–H groups in total. The molecule has 1 aromatic carbocycles. The summed E-state index contributed by atoms with van der Waals surface area (Å²) in [6, 6.07) is 3.69. The van der Waals surface area contributed by atoms with Gasteiger partial charge in [-0.3, -0.25) is 0 Å². The van der Waals surface area contributed by atoms with Crippen LogP contribution in [0.2, 0.25) is 0 Å². The first-order valence-corrected chi connectivity index (χ1v) is 5.97. The van der Waals surface area contributed by atoms with Crippen molar-refractivity contribution >= 4 is 22.0 Å². The quantitative estimate of drug-likeness (QED) is 0.634. The summed E-state index contributed by atoms with van der Waals surface area (Å²) in [6.45, 7) is 0. The van der Waals surface area contributed by atoms with Crippen LogP contribution in [0.5, 0.6) is 11.5 Å². The molecule has 17 heavy (non-hydrogen) atoms. The van der Waals surface area contributed by atoms with Crippen LogP contribution in [0.4, 0.5) is 0 Å². The fourth-order valence-corrected chi connectivity index (χ4v) is 2.55. The lowest BCUT2D eigenvalue weighted by Gasteiger charge is -2.15. The first kappa shape index (κ1) is 12.1. The van der Waals surface area contributed by atoms with Crippen molar-refractivity contribution in [3.63, 3.8) is 0 Å². The van der Waals surface area contributed by atoms with Crippen molar-refractivity contribution in [2.24, 2.45) is 4.99 Å². The van der Waals surface area contributed by atoms with E-state index in [-0.39, 0.29) is 0 Å². The Kier molecular flexibility index (Phi) is 3.22. The van der Waals surface area contributed by atoms with Gasteiger partial charge < -0.3 is 9.47 Å². The van der Waals surface area contributed by atoms with Gasteiger partial charge in [-0.05, 0) is 30.5 Å². The summed E-state index contributed by atoms with van der Waals surface area (Å²) in [7, 11) is 3.17. The van der Waals surface area contributed by atoms with E-state index in [1.807, 2.05) is 12.1 Å². The Morgan fingerprint density at radius 3 is 2.35 bits per heavy atom. The SMILES string of the molecule is COc1cc(Br)c(C2(N=C=O)CC2)cc1OC. The van der Waals surface area contributed by atoms with Gasteiger partial charge in [0.05, 0.1) is 19.8 Å². The number of benzene rings is 1. The molecule has 0 atom stereocenters. The Morgan fingerprint density at radius 1 is 1.29 bits per heavy atom. The molecule has 2 rings (SSSR count). The molecule has 0 amide bonds. The van der Waals surface area contributed by atoms with Gasteiger partial charge in [-0.2, -0.15) is 4.99 Å². The molecule has 1 aromatic rings. The summed E-state index contributed by atoms with van der Waals surface area (Å²) >= 11 is 3.47. The predicted molar refractivity (Wildman–Crippen MR) is 66.3 cm³/mol. The van der Waals surface area contributed by atoms with E-state index in [0.29, 0.717) is 11.5 Å². The van der Waals surface area contributed by atoms with Gasteiger partial charge >= 0.3 is 0 Å². The molecule has 0 unspecified atom stereocenters. The highest BCUT2D eigenvalue weighted by Gasteiger charge is 2.46. The maximum atomic E-state index is 10.5. The third kappa shape index (κ3) is 2.08. The topological polar surface area (TPSA) is 47.9 Å². The molecule has 0 aliphatic heterocycles. The van der Waals surface area contributed by atoms with Crippen molar-refractivity contribution in [2.45, 2.75) is 18.4 Å². The lowest BCUT2D eigenvalue weighted by Crippen LogP contribution is -2.04. The molecule has 1 aliphatic carbocycles. The van der Waals surface area contributed by atoms with Crippen molar-refractivity contribution in [2.75, 3.05) is 14.2 Å². The van der Waals surface area contributed by atoms with Gasteiger partial charge in [0.25, 0.3) is 0 Å². The molecule has 1 aliphatic rings. The number of nitrogens with zero attached hydrogens (tertiary/aromatic N) is 1. The molecule has 5 heteroatoms. The van der Waals surface area contributed by atoms with Crippen molar-refractivity contribution in [3.05, 3.63) is 22.2 Å². The summed E-state index contributed by atoms with van der Waals surface area (Å²) in [5, 5.41) is 0. The van der Waals surface area contributed by atoms with Crippen molar-refractivity contribution in [1.82, 2.24) is 0 Å². The summed E-state index contributed by atoms with van der Waals surface area (Å²) < 4.78 is 11.3. The van der Waals surface area contributed by atoms with Crippen LogP contribution in [0.3, 0.4) is 0 Å². The highest BCUT2D eigenvalue weighted by Crippen LogP contribution is 2.53. The van der Waals surface area contributed by atoms with E-state index in [2.05, 4.69) is 20.9 Å². The molecular weight excluding hydrogens is 286 g/mol. The Morgan fingerprint density at radius 2 is 1.88 bits per heavy atom. The van der Waals surface area contributed by atoms with Gasteiger partial charge in [-0.25, -0.2) is 4.79 Å². The molecule has 1 fully saturated rings. The smallest absolute Gasteiger partial charge is 0.235 e. The summed E-state index contributed by atoms with van der Waals surface area (Å²) in [4.78, 5) is 14.4. The van der Waals surface area contributed by atoms with Crippen LogP contribution < -0.4 is 9.47 Å². The van der Waals surface area contributed by atoms with Crippen LogP contribution in [-0.4, -0.2) is 20.3 Å². The van der Waals surface area contributed by atoms with E-state index >= 15 is 0 Å². The summed E-state index contributed by atoms with van der Waals surface area (Å²) in [5.41, 5.74) is 0.527. The zero-order valence-corrected chi connectivity index (χ0v) is 11.2. The Labute approximate surface area is 108 Å². The van der Waals surface area contributed by atoms with Crippen molar-refractivity contribution < 1.29 is 14.3 Å². The maximum absolute atomic E-state index is 10.5. The summed E-state index contributed by atoms with van der Waals surface area (Å²) in [6.07, 6.45) is 3.36. The lowest BCUT2D eigenvalue weighted by molar-refractivity contribution is 0.354. The number of hydrogen-bond donors (Lipinski definition) is 0. The standard InChI is InChI=1S/C12H12BrNO3/c1-16-10-5-8(9(13)6-11(10)17-2)12(3-4-12)14-7-15/h5-6H,3-4H2,1-2H3. The molecule has 0 radical (unpaired) electrons. The maximum Gasteiger partial charge on any atom is 0.235 e. The molecule has 0 bridgehead atoms. The van der Waals surface area contributed by atoms with Crippen LogP contribution in [0.15, 0.2) is 21.6 Å². The van der Waals surface area contributed by atoms with Crippen LogP contribution in [0.25, 0.3) is 0 Å². The van der Waals surface area contributed by atoms with Crippen LogP contribution in [-0.2, 0) is 10.3 Å². The Bertz CT molecular complexity index is 491. The predicted octanol–water partition coefficient (Wildman–Crippen LogP) is 2.79. The zero-order valence-electron chi connectivity index (χ0n) is 9.62. The number of isocyanates is 1.